The predicted octanol–water partition coefficient (Wildman–Crippen LogP) is 2.08. The van der Waals surface area contributed by atoms with Gasteiger partial charge in [0.15, 0.2) is 0 Å². The third-order valence-corrected chi connectivity index (χ3v) is 2.18. The molecule has 15 heavy (non-hydrogen) atoms. The summed E-state index contributed by atoms with van der Waals surface area (Å²) in [6.45, 7) is 0. The van der Waals surface area contributed by atoms with E-state index in [1.165, 1.54) is 18.2 Å². The second kappa shape index (κ2) is 4.48. The Morgan fingerprint density at radius 3 is 2.47 bits per heavy atom. The van der Waals surface area contributed by atoms with Crippen molar-refractivity contribution < 1.29 is 14.7 Å². The van der Waals surface area contributed by atoms with Gasteiger partial charge in [0, 0.05) is 5.56 Å². The van der Waals surface area contributed by atoms with Gasteiger partial charge in [0.1, 0.15) is 0 Å². The van der Waals surface area contributed by atoms with Gasteiger partial charge in [-0.25, -0.2) is 15.6 Å². The molecule has 80 valence electrons. The normalized spacial score (nSPS) is 9.80. The van der Waals surface area contributed by atoms with Crippen LogP contribution < -0.4 is 10.9 Å². The number of amides is 1. The average molecular weight is 249 g/mol. The van der Waals surface area contributed by atoms with Crippen LogP contribution in [0.3, 0.4) is 0 Å². The summed E-state index contributed by atoms with van der Waals surface area (Å²) in [4.78, 5) is 21.4. The van der Waals surface area contributed by atoms with Crippen molar-refractivity contribution in [3.05, 3.63) is 28.8 Å². The molecule has 0 saturated heterocycles. The van der Waals surface area contributed by atoms with E-state index < -0.39 is 11.3 Å². The number of nitrogens with two attached hydrogens (primary N) is 1. The minimum Gasteiger partial charge on any atom is -0.464 e. The van der Waals surface area contributed by atoms with E-state index in [4.69, 9.17) is 34.2 Å². The van der Waals surface area contributed by atoms with Crippen LogP contribution in [-0.4, -0.2) is 16.4 Å². The van der Waals surface area contributed by atoms with E-state index in [2.05, 4.69) is 0 Å². The first-order chi connectivity index (χ1) is 6.93. The molecule has 0 aliphatic carbocycles. The van der Waals surface area contributed by atoms with Gasteiger partial charge in [-0.1, -0.05) is 11.6 Å². The zero-order chi connectivity index (χ0) is 11.6. The van der Waals surface area contributed by atoms with E-state index in [1.54, 1.807) is 0 Å². The second-order valence-electron chi connectivity index (χ2n) is 2.59. The lowest BCUT2D eigenvalue weighted by molar-refractivity contribution is 0.108. The molecule has 1 amide bonds. The standard InChI is InChI=1S/C8H6Cl2N2O3/c9-5-2-1-4(7(10)13)3-6(5)12(11)8(14)15/h1-3H,11H2,(H,14,15). The number of carbonyl (C=O) groups is 2. The van der Waals surface area contributed by atoms with Gasteiger partial charge in [-0.2, -0.15) is 0 Å². The Labute approximate surface area is 95.0 Å². The van der Waals surface area contributed by atoms with Crippen LogP contribution in [0.15, 0.2) is 18.2 Å². The maximum absolute atomic E-state index is 10.8. The van der Waals surface area contributed by atoms with Gasteiger partial charge in [0.25, 0.3) is 5.24 Å². The number of benzene rings is 1. The van der Waals surface area contributed by atoms with Crippen molar-refractivity contribution in [3.63, 3.8) is 0 Å². The number of nitrogens with zero attached hydrogens (tertiary/aromatic N) is 1. The molecule has 5 nitrogen and oxygen atoms in total. The van der Waals surface area contributed by atoms with E-state index in [-0.39, 0.29) is 16.3 Å². The molecule has 0 heterocycles. The summed E-state index contributed by atoms with van der Waals surface area (Å²) in [5.41, 5.74) is 0.114. The Balaban J connectivity index is 3.22. The SMILES string of the molecule is NN(C(=O)O)c1cc(C(=O)Cl)ccc1Cl. The van der Waals surface area contributed by atoms with Gasteiger partial charge >= 0.3 is 6.09 Å². The molecule has 1 aromatic carbocycles. The number of hydrazine groups is 1. The summed E-state index contributed by atoms with van der Waals surface area (Å²) >= 11 is 10.9. The molecule has 0 aliphatic rings. The van der Waals surface area contributed by atoms with Gasteiger partial charge in [0.2, 0.25) is 0 Å². The third kappa shape index (κ3) is 2.59. The van der Waals surface area contributed by atoms with Crippen LogP contribution in [0, 0.1) is 0 Å². The summed E-state index contributed by atoms with van der Waals surface area (Å²) in [6.07, 6.45) is -1.39. The summed E-state index contributed by atoms with van der Waals surface area (Å²) in [5.74, 6) is 5.20. The van der Waals surface area contributed by atoms with Crippen LogP contribution >= 0.6 is 23.2 Å². The fraction of sp³-hybridized carbons (Fsp3) is 0. The molecule has 0 saturated carbocycles. The molecule has 0 bridgehead atoms. The van der Waals surface area contributed by atoms with Crippen molar-refractivity contribution in [2.45, 2.75) is 0 Å². The van der Waals surface area contributed by atoms with E-state index in [0.717, 1.165) is 0 Å². The van der Waals surface area contributed by atoms with Gasteiger partial charge in [-0.3, -0.25) is 4.79 Å². The van der Waals surface area contributed by atoms with Crippen molar-refractivity contribution >= 4 is 40.2 Å². The van der Waals surface area contributed by atoms with Gasteiger partial charge in [0.05, 0.1) is 10.7 Å². The number of carbonyl (C=O) groups excluding carboxylic acids is 1. The topological polar surface area (TPSA) is 83.6 Å². The van der Waals surface area contributed by atoms with Crippen molar-refractivity contribution in [2.75, 3.05) is 5.01 Å². The van der Waals surface area contributed by atoms with Crippen LogP contribution in [0.25, 0.3) is 0 Å². The highest BCUT2D eigenvalue weighted by molar-refractivity contribution is 6.67. The maximum Gasteiger partial charge on any atom is 0.426 e. The Bertz CT molecular complexity index is 422. The summed E-state index contributed by atoms with van der Waals surface area (Å²) in [7, 11) is 0. The zero-order valence-corrected chi connectivity index (χ0v) is 8.79. The minimum atomic E-state index is -1.39. The third-order valence-electron chi connectivity index (χ3n) is 1.64. The maximum atomic E-state index is 10.8. The number of anilines is 1. The van der Waals surface area contributed by atoms with Crippen LogP contribution in [0.1, 0.15) is 10.4 Å². The van der Waals surface area contributed by atoms with E-state index in [0.29, 0.717) is 5.01 Å². The molecule has 0 aromatic heterocycles. The minimum absolute atomic E-state index is 0.00401. The number of hydrogen-bond donors (Lipinski definition) is 2. The highest BCUT2D eigenvalue weighted by atomic mass is 35.5. The fourth-order valence-corrected chi connectivity index (χ4v) is 1.25. The average Bonchev–Trinajstić information content (AvgIpc) is 2.16. The molecule has 7 heteroatoms. The van der Waals surface area contributed by atoms with Crippen LogP contribution in [0.2, 0.25) is 5.02 Å². The first kappa shape index (κ1) is 11.8. The fourth-order valence-electron chi connectivity index (χ4n) is 0.923. The second-order valence-corrected chi connectivity index (χ2v) is 3.34. The van der Waals surface area contributed by atoms with E-state index in [1.807, 2.05) is 0 Å². The summed E-state index contributed by atoms with van der Waals surface area (Å²) in [6, 6.07) is 3.91. The van der Waals surface area contributed by atoms with Crippen molar-refractivity contribution in [1.29, 1.82) is 0 Å². The highest BCUT2D eigenvalue weighted by Gasteiger charge is 2.15. The lowest BCUT2D eigenvalue weighted by Gasteiger charge is -2.14. The molecule has 1 rings (SSSR count). The zero-order valence-electron chi connectivity index (χ0n) is 7.28. The van der Waals surface area contributed by atoms with Crippen molar-refractivity contribution in [1.82, 2.24) is 0 Å². The first-order valence-corrected chi connectivity index (χ1v) is 4.46. The molecule has 0 unspecified atom stereocenters. The van der Waals surface area contributed by atoms with Gasteiger partial charge in [-0.05, 0) is 29.8 Å². The van der Waals surface area contributed by atoms with Crippen LogP contribution in [0.5, 0.6) is 0 Å². The van der Waals surface area contributed by atoms with Crippen LogP contribution in [-0.2, 0) is 0 Å². The van der Waals surface area contributed by atoms with Crippen LogP contribution in [0.4, 0.5) is 10.5 Å². The predicted molar refractivity (Wildman–Crippen MR) is 56.3 cm³/mol. The van der Waals surface area contributed by atoms with E-state index >= 15 is 0 Å². The highest BCUT2D eigenvalue weighted by Crippen LogP contribution is 2.26. The largest absolute Gasteiger partial charge is 0.464 e. The monoisotopic (exact) mass is 248 g/mol. The van der Waals surface area contributed by atoms with Gasteiger partial charge in [-0.15, -0.1) is 0 Å². The summed E-state index contributed by atoms with van der Waals surface area (Å²) in [5, 5.41) is 8.42. The lowest BCUT2D eigenvalue weighted by Crippen LogP contribution is -2.36. The van der Waals surface area contributed by atoms with Crippen molar-refractivity contribution in [3.8, 4) is 0 Å². The van der Waals surface area contributed by atoms with Gasteiger partial charge < -0.3 is 5.11 Å². The Morgan fingerprint density at radius 1 is 1.40 bits per heavy atom. The summed E-state index contributed by atoms with van der Waals surface area (Å²) < 4.78 is 0. The molecule has 0 atom stereocenters. The molecular formula is C8H6Cl2N2O3. The Morgan fingerprint density at radius 2 is 2.00 bits per heavy atom. The Hall–Kier alpha value is -1.30. The number of hydrogen-bond acceptors (Lipinski definition) is 3. The molecular weight excluding hydrogens is 243 g/mol. The number of rotatable bonds is 2. The first-order valence-electron chi connectivity index (χ1n) is 3.70. The number of halogens is 2. The Kier molecular flexibility index (Phi) is 3.52. The smallest absolute Gasteiger partial charge is 0.426 e. The van der Waals surface area contributed by atoms with Crippen molar-refractivity contribution in [2.24, 2.45) is 5.84 Å². The lowest BCUT2D eigenvalue weighted by atomic mass is 10.2. The molecule has 3 N–H and O–H groups in total. The molecule has 1 aromatic rings. The number of carboxylic acid groups (broad SMARTS) is 1. The molecule has 0 fully saturated rings. The molecule has 0 spiro atoms. The quantitative estimate of drug-likeness (QED) is 0.363. The molecule has 0 aliphatic heterocycles. The van der Waals surface area contributed by atoms with E-state index in [9.17, 15) is 9.59 Å². The molecule has 0 radical (unpaired) electrons.